The molecule has 0 saturated heterocycles. The van der Waals surface area contributed by atoms with Gasteiger partial charge in [0.2, 0.25) is 0 Å². The van der Waals surface area contributed by atoms with Crippen LogP contribution < -0.4 is 0 Å². The van der Waals surface area contributed by atoms with E-state index in [4.69, 9.17) is 0 Å². The zero-order chi connectivity index (χ0) is 13.9. The van der Waals surface area contributed by atoms with Crippen LogP contribution in [0.4, 0.5) is 0 Å². The van der Waals surface area contributed by atoms with Gasteiger partial charge in [0, 0.05) is 15.2 Å². The molecule has 1 heteroatoms. The molecule has 0 amide bonds. The highest BCUT2D eigenvalue weighted by Crippen LogP contribution is 2.50. The van der Waals surface area contributed by atoms with Gasteiger partial charge in [-0.25, -0.2) is 0 Å². The molecule has 0 radical (unpaired) electrons. The fourth-order valence-corrected chi connectivity index (χ4v) is 4.46. The van der Waals surface area contributed by atoms with E-state index in [0.717, 1.165) is 0 Å². The summed E-state index contributed by atoms with van der Waals surface area (Å²) in [4.78, 5) is 2.85. The molecule has 1 aliphatic heterocycles. The van der Waals surface area contributed by atoms with E-state index in [1.54, 1.807) is 0 Å². The van der Waals surface area contributed by atoms with Gasteiger partial charge in [-0.2, -0.15) is 0 Å². The van der Waals surface area contributed by atoms with Gasteiger partial charge in [-0.05, 0) is 48.4 Å². The van der Waals surface area contributed by atoms with Crippen LogP contribution >= 0.6 is 11.8 Å². The van der Waals surface area contributed by atoms with E-state index >= 15 is 0 Å². The Morgan fingerprint density at radius 1 is 0.750 bits per heavy atom. The Morgan fingerprint density at radius 3 is 2.45 bits per heavy atom. The maximum absolute atomic E-state index is 2.33. The number of benzene rings is 3. The molecule has 0 N–H and O–H groups in total. The molecule has 0 bridgehead atoms. The Bertz CT molecular complexity index is 859. The normalized spacial score (nSPS) is 12.6. The summed E-state index contributed by atoms with van der Waals surface area (Å²) in [5.41, 5.74) is 6.89. The molecule has 0 aromatic heterocycles. The third-order valence-electron chi connectivity index (χ3n) is 4.11. The van der Waals surface area contributed by atoms with Crippen molar-refractivity contribution in [3.63, 3.8) is 0 Å². The van der Waals surface area contributed by atoms with Gasteiger partial charge in [0.05, 0.1) is 0 Å². The molecule has 3 aromatic rings. The molecule has 0 saturated carbocycles. The van der Waals surface area contributed by atoms with Gasteiger partial charge in [-0.1, -0.05) is 59.8 Å². The second-order valence-corrected chi connectivity index (χ2v) is 6.70. The monoisotopic (exact) mass is 276 g/mol. The zero-order valence-corrected chi connectivity index (χ0v) is 12.8. The van der Waals surface area contributed by atoms with Crippen molar-refractivity contribution in [2.24, 2.45) is 0 Å². The first-order chi connectivity index (χ1) is 9.65. The minimum atomic E-state index is 1.34. The lowest BCUT2D eigenvalue weighted by Gasteiger charge is -2.23. The summed E-state index contributed by atoms with van der Waals surface area (Å²) in [5.74, 6) is 0. The lowest BCUT2D eigenvalue weighted by Crippen LogP contribution is -1.97. The van der Waals surface area contributed by atoms with Crippen molar-refractivity contribution in [2.45, 2.75) is 30.6 Å². The molecule has 1 aliphatic rings. The van der Waals surface area contributed by atoms with Crippen molar-refractivity contribution in [1.82, 2.24) is 0 Å². The average molecular weight is 276 g/mol. The molecule has 3 aromatic carbocycles. The van der Waals surface area contributed by atoms with Crippen LogP contribution in [0.2, 0.25) is 0 Å². The maximum Gasteiger partial charge on any atom is 0.0236 e. The predicted octanol–water partition coefficient (Wildman–Crippen LogP) is 5.90. The summed E-state index contributed by atoms with van der Waals surface area (Å²) in [6.07, 6.45) is 0. The second-order valence-electron chi connectivity index (χ2n) is 5.68. The fraction of sp³-hybridized carbons (Fsp3) is 0.158. The molecule has 4 rings (SSSR count). The Labute approximate surface area is 123 Å². The van der Waals surface area contributed by atoms with Crippen molar-refractivity contribution >= 4 is 22.5 Å². The summed E-state index contributed by atoms with van der Waals surface area (Å²) in [6, 6.07) is 15.8. The van der Waals surface area contributed by atoms with Gasteiger partial charge in [-0.3, -0.25) is 0 Å². The lowest BCUT2D eigenvalue weighted by molar-refractivity contribution is 1.24. The molecule has 1 heterocycles. The SMILES string of the molecule is Cc1cc(C)c2c(c1)-c1cccc3ccc(C)c(c13)S2. The van der Waals surface area contributed by atoms with E-state index in [1.807, 2.05) is 11.8 Å². The van der Waals surface area contributed by atoms with Crippen molar-refractivity contribution in [2.75, 3.05) is 0 Å². The Kier molecular flexibility index (Phi) is 2.49. The first-order valence-electron chi connectivity index (χ1n) is 6.97. The molecule has 98 valence electrons. The predicted molar refractivity (Wildman–Crippen MR) is 87.7 cm³/mol. The Morgan fingerprint density at radius 2 is 1.60 bits per heavy atom. The summed E-state index contributed by atoms with van der Waals surface area (Å²) < 4.78 is 0. The number of rotatable bonds is 0. The topological polar surface area (TPSA) is 0 Å². The van der Waals surface area contributed by atoms with E-state index < -0.39 is 0 Å². The largest absolute Gasteiger partial charge is 0.0882 e. The zero-order valence-electron chi connectivity index (χ0n) is 11.9. The molecule has 20 heavy (non-hydrogen) atoms. The molecule has 0 atom stereocenters. The molecule has 0 unspecified atom stereocenters. The highest BCUT2D eigenvalue weighted by atomic mass is 32.2. The smallest absolute Gasteiger partial charge is 0.0236 e. The van der Waals surface area contributed by atoms with Gasteiger partial charge in [0.1, 0.15) is 0 Å². The highest BCUT2D eigenvalue weighted by Gasteiger charge is 2.21. The molecule has 0 nitrogen and oxygen atoms in total. The molecule has 0 fully saturated rings. The van der Waals surface area contributed by atoms with Crippen molar-refractivity contribution in [3.05, 3.63) is 59.2 Å². The van der Waals surface area contributed by atoms with Crippen LogP contribution in [0.25, 0.3) is 21.9 Å². The molecule has 0 spiro atoms. The van der Waals surface area contributed by atoms with Crippen LogP contribution in [0.5, 0.6) is 0 Å². The van der Waals surface area contributed by atoms with Gasteiger partial charge in [0.15, 0.2) is 0 Å². The maximum atomic E-state index is 2.33. The number of hydrogen-bond donors (Lipinski definition) is 0. The fourth-order valence-electron chi connectivity index (χ4n) is 3.20. The summed E-state index contributed by atoms with van der Waals surface area (Å²) in [5, 5.41) is 2.77. The quantitative estimate of drug-likeness (QED) is 0.385. The first-order valence-corrected chi connectivity index (χ1v) is 7.78. The van der Waals surface area contributed by atoms with E-state index in [9.17, 15) is 0 Å². The van der Waals surface area contributed by atoms with Gasteiger partial charge < -0.3 is 0 Å². The van der Waals surface area contributed by atoms with E-state index in [-0.39, 0.29) is 0 Å². The first kappa shape index (κ1) is 12.0. The third kappa shape index (κ3) is 1.56. The van der Waals surface area contributed by atoms with Crippen LogP contribution in [0.1, 0.15) is 16.7 Å². The third-order valence-corrected chi connectivity index (χ3v) is 5.58. The van der Waals surface area contributed by atoms with Crippen LogP contribution in [0.15, 0.2) is 52.3 Å². The van der Waals surface area contributed by atoms with E-state index in [2.05, 4.69) is 63.2 Å². The van der Waals surface area contributed by atoms with Gasteiger partial charge in [0.25, 0.3) is 0 Å². The second kappa shape index (κ2) is 4.13. The van der Waals surface area contributed by atoms with Gasteiger partial charge in [-0.15, -0.1) is 0 Å². The van der Waals surface area contributed by atoms with Gasteiger partial charge >= 0.3 is 0 Å². The molecular formula is C19H16S. The van der Waals surface area contributed by atoms with Crippen LogP contribution in [-0.4, -0.2) is 0 Å². The van der Waals surface area contributed by atoms with Crippen LogP contribution in [-0.2, 0) is 0 Å². The Hall–Kier alpha value is -1.73. The summed E-state index contributed by atoms with van der Waals surface area (Å²) in [6.45, 7) is 6.62. The highest BCUT2D eigenvalue weighted by molar-refractivity contribution is 8.00. The minimum absolute atomic E-state index is 1.34. The van der Waals surface area contributed by atoms with E-state index in [1.165, 1.54) is 48.4 Å². The van der Waals surface area contributed by atoms with Crippen molar-refractivity contribution in [3.8, 4) is 11.1 Å². The minimum Gasteiger partial charge on any atom is -0.0882 e. The van der Waals surface area contributed by atoms with Crippen LogP contribution in [0, 0.1) is 20.8 Å². The lowest BCUT2D eigenvalue weighted by atomic mass is 9.94. The number of aryl methyl sites for hydroxylation is 3. The average Bonchev–Trinajstić information content (AvgIpc) is 2.43. The van der Waals surface area contributed by atoms with Crippen LogP contribution in [0.3, 0.4) is 0 Å². The van der Waals surface area contributed by atoms with Crippen molar-refractivity contribution in [1.29, 1.82) is 0 Å². The Balaban J connectivity index is 2.21. The summed E-state index contributed by atoms with van der Waals surface area (Å²) >= 11 is 1.94. The molecule has 0 aliphatic carbocycles. The van der Waals surface area contributed by atoms with E-state index in [0.29, 0.717) is 0 Å². The van der Waals surface area contributed by atoms with Crippen molar-refractivity contribution < 1.29 is 0 Å². The standard InChI is InChI=1S/C19H16S/c1-11-9-13(3)18-16(10-11)15-6-4-5-14-8-7-12(2)19(20-18)17(14)15/h4-10H,1-3H3. The number of fused-ring (bicyclic) bond motifs is 2. The number of hydrogen-bond acceptors (Lipinski definition) is 1. The molecular weight excluding hydrogens is 260 g/mol. The summed E-state index contributed by atoms with van der Waals surface area (Å²) in [7, 11) is 0.